The van der Waals surface area contributed by atoms with Gasteiger partial charge in [0.05, 0.1) is 0 Å². The number of nitrogens with zero attached hydrogens (tertiary/aromatic N) is 1. The summed E-state index contributed by atoms with van der Waals surface area (Å²) in [6.45, 7) is 4.19. The van der Waals surface area contributed by atoms with Crippen LogP contribution in [0.5, 0.6) is 0 Å². The zero-order valence-corrected chi connectivity index (χ0v) is 10.7. The Hall–Kier alpha value is -1.40. The standard InChI is InChI=1S/C11H13NO.H3NO2S/c1-3-8-6-5-7-9-11(8)12-10(4-2)13-9;1-4(2)3/h5-7H,3-4H2,1-2H3;4H,(H2,1,2,3). The SMILES string of the molecule is CCc1nc2c(CC)cccc2o1.N[SH](=O)=O. The fourth-order valence-corrected chi connectivity index (χ4v) is 1.49. The number of hydrogen-bond donors (Lipinski definition) is 2. The number of thiol groups is 1. The maximum absolute atomic E-state index is 8.81. The molecule has 0 aliphatic carbocycles. The van der Waals surface area contributed by atoms with Crippen molar-refractivity contribution < 1.29 is 12.8 Å². The zero-order chi connectivity index (χ0) is 12.8. The zero-order valence-electron chi connectivity index (χ0n) is 9.84. The van der Waals surface area contributed by atoms with Crippen LogP contribution in [0, 0.1) is 0 Å². The summed E-state index contributed by atoms with van der Waals surface area (Å²) in [6.07, 6.45) is 1.87. The van der Waals surface area contributed by atoms with Crippen LogP contribution >= 0.6 is 0 Å². The summed E-state index contributed by atoms with van der Waals surface area (Å²) in [5.41, 5.74) is 3.21. The molecule has 0 aliphatic heterocycles. The molecule has 0 aliphatic rings. The highest BCUT2D eigenvalue weighted by molar-refractivity contribution is 7.69. The van der Waals surface area contributed by atoms with Gasteiger partial charge in [-0.25, -0.2) is 18.5 Å². The predicted octanol–water partition coefficient (Wildman–Crippen LogP) is 1.42. The third-order valence-electron chi connectivity index (χ3n) is 2.23. The monoisotopic (exact) mass is 256 g/mol. The van der Waals surface area contributed by atoms with Gasteiger partial charge in [-0.2, -0.15) is 0 Å². The average Bonchev–Trinajstić information content (AvgIpc) is 2.70. The largest absolute Gasteiger partial charge is 0.441 e. The third kappa shape index (κ3) is 3.83. The molecule has 5 nitrogen and oxygen atoms in total. The van der Waals surface area contributed by atoms with Gasteiger partial charge in [0.1, 0.15) is 5.52 Å². The molecule has 1 aromatic carbocycles. The Bertz CT molecular complexity index is 553. The Kier molecular flexibility index (Phi) is 5.11. The van der Waals surface area contributed by atoms with Crippen LogP contribution in [0.4, 0.5) is 0 Å². The van der Waals surface area contributed by atoms with E-state index < -0.39 is 10.9 Å². The van der Waals surface area contributed by atoms with Gasteiger partial charge in [0.25, 0.3) is 0 Å². The average molecular weight is 256 g/mol. The van der Waals surface area contributed by atoms with Gasteiger partial charge in [0, 0.05) is 6.42 Å². The number of benzene rings is 1. The van der Waals surface area contributed by atoms with E-state index in [1.54, 1.807) is 0 Å². The molecule has 2 aromatic rings. The number of aromatic nitrogens is 1. The summed E-state index contributed by atoms with van der Waals surface area (Å²) in [7, 11) is -2.62. The number of para-hydroxylation sites is 1. The van der Waals surface area contributed by atoms with E-state index in [1.807, 2.05) is 12.1 Å². The van der Waals surface area contributed by atoms with Crippen LogP contribution in [0.25, 0.3) is 11.1 Å². The van der Waals surface area contributed by atoms with Crippen LogP contribution < -0.4 is 5.14 Å². The van der Waals surface area contributed by atoms with Gasteiger partial charge in [-0.15, -0.1) is 0 Å². The number of aryl methyl sites for hydroxylation is 2. The summed E-state index contributed by atoms with van der Waals surface area (Å²) in [5, 5.41) is 4.06. The topological polar surface area (TPSA) is 86.2 Å². The van der Waals surface area contributed by atoms with Crippen LogP contribution in [-0.4, -0.2) is 13.4 Å². The van der Waals surface area contributed by atoms with Crippen molar-refractivity contribution in [3.05, 3.63) is 29.7 Å². The van der Waals surface area contributed by atoms with Gasteiger partial charge in [-0.05, 0) is 18.1 Å². The maximum Gasteiger partial charge on any atom is 0.198 e. The number of nitrogens with two attached hydrogens (primary N) is 1. The van der Waals surface area contributed by atoms with Crippen molar-refractivity contribution in [1.29, 1.82) is 0 Å². The van der Waals surface area contributed by atoms with Gasteiger partial charge >= 0.3 is 0 Å². The van der Waals surface area contributed by atoms with Crippen molar-refractivity contribution in [2.45, 2.75) is 26.7 Å². The molecule has 2 N–H and O–H groups in total. The van der Waals surface area contributed by atoms with E-state index in [1.165, 1.54) is 5.56 Å². The molecule has 0 fully saturated rings. The summed E-state index contributed by atoms with van der Waals surface area (Å²) in [4.78, 5) is 4.44. The van der Waals surface area contributed by atoms with E-state index >= 15 is 0 Å². The lowest BCUT2D eigenvalue weighted by Crippen LogP contribution is -1.85. The molecule has 1 aromatic heterocycles. The Labute approximate surface area is 102 Å². The van der Waals surface area contributed by atoms with Gasteiger partial charge in [-0.1, -0.05) is 26.0 Å². The van der Waals surface area contributed by atoms with Crippen LogP contribution in [-0.2, 0) is 23.7 Å². The lowest BCUT2D eigenvalue weighted by molar-refractivity contribution is 0.538. The molecule has 0 radical (unpaired) electrons. The van der Waals surface area contributed by atoms with Crippen molar-refractivity contribution >= 4 is 22.0 Å². The van der Waals surface area contributed by atoms with E-state index in [2.05, 4.69) is 30.0 Å². The van der Waals surface area contributed by atoms with Crippen molar-refractivity contribution in [3.63, 3.8) is 0 Å². The van der Waals surface area contributed by atoms with Crippen LogP contribution in [0.15, 0.2) is 22.6 Å². The first-order valence-electron chi connectivity index (χ1n) is 5.34. The molecule has 17 heavy (non-hydrogen) atoms. The molecule has 2 rings (SSSR count). The lowest BCUT2D eigenvalue weighted by Gasteiger charge is -1.93. The van der Waals surface area contributed by atoms with Gasteiger partial charge in [0.15, 0.2) is 22.4 Å². The first-order valence-corrected chi connectivity index (χ1v) is 6.59. The quantitative estimate of drug-likeness (QED) is 0.796. The van der Waals surface area contributed by atoms with E-state index in [0.29, 0.717) is 0 Å². The summed E-state index contributed by atoms with van der Waals surface area (Å²) < 4.78 is 23.2. The second kappa shape index (κ2) is 6.36. The Morgan fingerprint density at radius 2 is 1.94 bits per heavy atom. The van der Waals surface area contributed by atoms with Crippen LogP contribution in [0.2, 0.25) is 0 Å². The van der Waals surface area contributed by atoms with E-state index in [9.17, 15) is 0 Å². The van der Waals surface area contributed by atoms with Crippen molar-refractivity contribution in [3.8, 4) is 0 Å². The van der Waals surface area contributed by atoms with Crippen molar-refractivity contribution in [1.82, 2.24) is 4.98 Å². The molecule has 6 heteroatoms. The molecule has 0 bridgehead atoms. The van der Waals surface area contributed by atoms with E-state index in [-0.39, 0.29) is 0 Å². The second-order valence-electron chi connectivity index (χ2n) is 3.36. The minimum Gasteiger partial charge on any atom is -0.441 e. The lowest BCUT2D eigenvalue weighted by atomic mass is 10.1. The third-order valence-corrected chi connectivity index (χ3v) is 2.23. The molecular formula is C11H16N2O3S. The molecule has 0 saturated heterocycles. The Balaban J connectivity index is 0.000000317. The minimum atomic E-state index is -2.62. The number of oxazole rings is 1. The highest BCUT2D eigenvalue weighted by Crippen LogP contribution is 2.19. The number of hydrogen-bond acceptors (Lipinski definition) is 4. The van der Waals surface area contributed by atoms with Crippen LogP contribution in [0.1, 0.15) is 25.3 Å². The summed E-state index contributed by atoms with van der Waals surface area (Å²) in [6, 6.07) is 6.09. The second-order valence-corrected chi connectivity index (χ2v) is 3.93. The molecule has 0 unspecified atom stereocenters. The molecule has 0 saturated carbocycles. The fraction of sp³-hybridized carbons (Fsp3) is 0.364. The molecule has 0 atom stereocenters. The van der Waals surface area contributed by atoms with E-state index in [4.69, 9.17) is 12.8 Å². The summed E-state index contributed by atoms with van der Waals surface area (Å²) in [5.74, 6) is 0.830. The van der Waals surface area contributed by atoms with Crippen LogP contribution in [0.3, 0.4) is 0 Å². The van der Waals surface area contributed by atoms with Gasteiger partial charge in [0.2, 0.25) is 0 Å². The first kappa shape index (κ1) is 13.7. The number of rotatable bonds is 2. The minimum absolute atomic E-state index is 0.830. The number of fused-ring (bicyclic) bond motifs is 1. The highest BCUT2D eigenvalue weighted by atomic mass is 32.2. The maximum atomic E-state index is 8.81. The van der Waals surface area contributed by atoms with Gasteiger partial charge in [-0.3, -0.25) is 0 Å². The molecular weight excluding hydrogens is 240 g/mol. The Morgan fingerprint density at radius 3 is 2.47 bits per heavy atom. The van der Waals surface area contributed by atoms with Gasteiger partial charge < -0.3 is 4.42 Å². The van der Waals surface area contributed by atoms with Crippen molar-refractivity contribution in [2.75, 3.05) is 0 Å². The Morgan fingerprint density at radius 1 is 1.29 bits per heavy atom. The molecule has 0 spiro atoms. The summed E-state index contributed by atoms with van der Waals surface area (Å²) >= 11 is 0. The molecule has 0 amide bonds. The normalized spacial score (nSPS) is 10.4. The smallest absolute Gasteiger partial charge is 0.198 e. The predicted molar refractivity (Wildman–Crippen MR) is 67.3 cm³/mol. The first-order chi connectivity index (χ1) is 8.08. The molecule has 94 valence electrons. The molecule has 1 heterocycles. The van der Waals surface area contributed by atoms with E-state index in [0.717, 1.165) is 29.8 Å². The van der Waals surface area contributed by atoms with Crippen molar-refractivity contribution in [2.24, 2.45) is 5.14 Å². The highest BCUT2D eigenvalue weighted by Gasteiger charge is 2.06. The fourth-order valence-electron chi connectivity index (χ4n) is 1.49.